The predicted molar refractivity (Wildman–Crippen MR) is 152 cm³/mol. The molecule has 0 radical (unpaired) electrons. The van der Waals surface area contributed by atoms with Crippen molar-refractivity contribution in [3.63, 3.8) is 0 Å². The van der Waals surface area contributed by atoms with E-state index in [0.717, 1.165) is 62.0 Å². The molecule has 0 bridgehead atoms. The van der Waals surface area contributed by atoms with Gasteiger partial charge >= 0.3 is 0 Å². The van der Waals surface area contributed by atoms with Gasteiger partial charge in [-0.05, 0) is 68.8 Å². The zero-order valence-corrected chi connectivity index (χ0v) is 22.9. The summed E-state index contributed by atoms with van der Waals surface area (Å²) in [5.74, 6) is 1.35. The fraction of sp³-hybridized carbons (Fsp3) is 0.469. The average Bonchev–Trinajstić information content (AvgIpc) is 3.28. The van der Waals surface area contributed by atoms with Crippen LogP contribution < -0.4 is 4.74 Å². The van der Waals surface area contributed by atoms with Gasteiger partial charge in [0.2, 0.25) is 0 Å². The van der Waals surface area contributed by atoms with Crippen molar-refractivity contribution in [2.24, 2.45) is 5.92 Å². The molecule has 0 saturated carbocycles. The fourth-order valence-electron chi connectivity index (χ4n) is 5.40. The molecule has 0 spiro atoms. The molecule has 1 saturated heterocycles. The maximum absolute atomic E-state index is 13.5. The molecule has 5 rings (SSSR count). The van der Waals surface area contributed by atoms with Crippen molar-refractivity contribution in [1.82, 2.24) is 14.8 Å². The van der Waals surface area contributed by atoms with Gasteiger partial charge in [-0.1, -0.05) is 56.3 Å². The van der Waals surface area contributed by atoms with E-state index in [0.29, 0.717) is 36.8 Å². The lowest BCUT2D eigenvalue weighted by Gasteiger charge is -2.32. The molecule has 6 heteroatoms. The number of carbonyl (C=O) groups is 1. The first-order valence-corrected chi connectivity index (χ1v) is 14.2. The minimum atomic E-state index is 0.0387. The molecule has 3 aromatic rings. The number of fused-ring (bicyclic) bond motifs is 2. The summed E-state index contributed by atoms with van der Waals surface area (Å²) in [5.41, 5.74) is 3.69. The fourth-order valence-corrected chi connectivity index (χ4v) is 5.40. The average molecular weight is 513 g/mol. The standard InChI is InChI=1S/C30H34N4O2.C2H6/c31-16-7-2-8-20-36-29-25-11-5-6-12-26(25)32-27-22-34(30(35)28(27)29)19-15-23-13-17-33(18-14-23)21-24-9-3-1-4-10-24;1-2/h1,3-6,9-12,23H,2,7-8,13-15,17-22H2;1-2H3. The Morgan fingerprint density at radius 2 is 1.76 bits per heavy atom. The Bertz CT molecular complexity index is 1230. The number of hydrogen-bond acceptors (Lipinski definition) is 5. The summed E-state index contributed by atoms with van der Waals surface area (Å²) in [6, 6.07) is 20.7. The number of rotatable bonds is 10. The third-order valence-corrected chi connectivity index (χ3v) is 7.45. The molecular formula is C32H40N4O2. The summed E-state index contributed by atoms with van der Waals surface area (Å²) in [6.07, 6.45) is 5.51. The first-order valence-electron chi connectivity index (χ1n) is 14.2. The number of likely N-dealkylation sites (tertiary alicyclic amines) is 1. The summed E-state index contributed by atoms with van der Waals surface area (Å²) in [7, 11) is 0. The lowest BCUT2D eigenvalue weighted by atomic mass is 9.93. The van der Waals surface area contributed by atoms with Gasteiger partial charge in [0.1, 0.15) is 11.3 Å². The van der Waals surface area contributed by atoms with Crippen molar-refractivity contribution in [2.45, 2.75) is 65.5 Å². The van der Waals surface area contributed by atoms with Crippen LogP contribution in [0.3, 0.4) is 0 Å². The number of hydrogen-bond donors (Lipinski definition) is 0. The minimum absolute atomic E-state index is 0.0387. The number of piperidine rings is 1. The number of nitrogens with zero attached hydrogens (tertiary/aromatic N) is 4. The Kier molecular flexibility index (Phi) is 10.1. The van der Waals surface area contributed by atoms with Crippen LogP contribution in [0.1, 0.15) is 74.0 Å². The van der Waals surface area contributed by atoms with E-state index in [2.05, 4.69) is 41.3 Å². The number of carbonyl (C=O) groups excluding carboxylic acids is 1. The molecule has 38 heavy (non-hydrogen) atoms. The third kappa shape index (κ3) is 6.71. The van der Waals surface area contributed by atoms with Crippen LogP contribution in [-0.4, -0.2) is 46.9 Å². The summed E-state index contributed by atoms with van der Waals surface area (Å²) >= 11 is 0. The van der Waals surface area contributed by atoms with E-state index in [1.807, 2.05) is 43.0 Å². The minimum Gasteiger partial charge on any atom is -0.492 e. The molecular weight excluding hydrogens is 472 g/mol. The van der Waals surface area contributed by atoms with E-state index >= 15 is 0 Å². The van der Waals surface area contributed by atoms with Crippen LogP contribution in [-0.2, 0) is 13.1 Å². The van der Waals surface area contributed by atoms with Crippen LogP contribution in [0.4, 0.5) is 0 Å². The molecule has 0 unspecified atom stereocenters. The normalized spacial score (nSPS) is 15.6. The SMILES string of the molecule is CC.N#CCCCCOc1c2c(nc3ccccc13)CN(CCC1CCN(Cc3ccccc3)CC1)C2=O. The highest BCUT2D eigenvalue weighted by molar-refractivity contribution is 6.05. The van der Waals surface area contributed by atoms with Crippen LogP contribution >= 0.6 is 0 Å². The zero-order valence-electron chi connectivity index (χ0n) is 22.9. The molecule has 1 amide bonds. The molecule has 1 fully saturated rings. The van der Waals surface area contributed by atoms with Crippen LogP contribution in [0.15, 0.2) is 54.6 Å². The van der Waals surface area contributed by atoms with E-state index in [-0.39, 0.29) is 5.91 Å². The zero-order chi connectivity index (χ0) is 26.7. The van der Waals surface area contributed by atoms with Gasteiger partial charge in [-0.25, -0.2) is 4.98 Å². The van der Waals surface area contributed by atoms with Gasteiger partial charge in [-0.15, -0.1) is 0 Å². The molecule has 1 aromatic heterocycles. The van der Waals surface area contributed by atoms with E-state index in [1.165, 1.54) is 18.4 Å². The molecule has 2 aromatic carbocycles. The van der Waals surface area contributed by atoms with Gasteiger partial charge in [-0.2, -0.15) is 5.26 Å². The number of aromatic nitrogens is 1. The third-order valence-electron chi connectivity index (χ3n) is 7.45. The van der Waals surface area contributed by atoms with Crippen LogP contribution in [0.25, 0.3) is 10.9 Å². The van der Waals surface area contributed by atoms with E-state index in [9.17, 15) is 4.79 Å². The summed E-state index contributed by atoms with van der Waals surface area (Å²) in [6.45, 7) is 9.06. The Morgan fingerprint density at radius 1 is 1.03 bits per heavy atom. The molecule has 0 atom stereocenters. The smallest absolute Gasteiger partial charge is 0.259 e. The van der Waals surface area contributed by atoms with Gasteiger partial charge in [-0.3, -0.25) is 9.69 Å². The van der Waals surface area contributed by atoms with E-state index in [1.54, 1.807) is 0 Å². The lowest BCUT2D eigenvalue weighted by Crippen LogP contribution is -2.35. The van der Waals surface area contributed by atoms with Gasteiger partial charge in [0.15, 0.2) is 0 Å². The number of amides is 1. The van der Waals surface area contributed by atoms with Crippen molar-refractivity contribution < 1.29 is 9.53 Å². The molecule has 0 N–H and O–H groups in total. The monoisotopic (exact) mass is 512 g/mol. The summed E-state index contributed by atoms with van der Waals surface area (Å²) in [5, 5.41) is 9.67. The first kappa shape index (κ1) is 27.6. The molecule has 2 aliphatic rings. The topological polar surface area (TPSA) is 69.5 Å². The second kappa shape index (κ2) is 13.9. The van der Waals surface area contributed by atoms with Crippen molar-refractivity contribution in [3.8, 4) is 11.8 Å². The maximum atomic E-state index is 13.5. The first-order chi connectivity index (χ1) is 18.7. The van der Waals surface area contributed by atoms with Gasteiger partial charge in [0.25, 0.3) is 5.91 Å². The van der Waals surface area contributed by atoms with Crippen LogP contribution in [0, 0.1) is 17.2 Å². The Morgan fingerprint density at radius 3 is 2.53 bits per heavy atom. The van der Waals surface area contributed by atoms with Gasteiger partial charge in [0.05, 0.1) is 30.4 Å². The largest absolute Gasteiger partial charge is 0.492 e. The highest BCUT2D eigenvalue weighted by atomic mass is 16.5. The summed E-state index contributed by atoms with van der Waals surface area (Å²) < 4.78 is 6.18. The lowest BCUT2D eigenvalue weighted by molar-refractivity contribution is 0.0754. The van der Waals surface area contributed by atoms with Crippen molar-refractivity contribution in [1.29, 1.82) is 5.26 Å². The van der Waals surface area contributed by atoms with Crippen LogP contribution in [0.5, 0.6) is 5.75 Å². The Labute approximate surface area is 227 Å². The second-order valence-electron chi connectivity index (χ2n) is 9.96. The number of unbranched alkanes of at least 4 members (excludes halogenated alkanes) is 2. The quantitative estimate of drug-likeness (QED) is 0.287. The second-order valence-corrected chi connectivity index (χ2v) is 9.96. The molecule has 200 valence electrons. The molecule has 6 nitrogen and oxygen atoms in total. The Hall–Kier alpha value is -3.43. The molecule has 2 aliphatic heterocycles. The van der Waals surface area contributed by atoms with Crippen molar-refractivity contribution >= 4 is 16.8 Å². The van der Waals surface area contributed by atoms with Crippen LogP contribution in [0.2, 0.25) is 0 Å². The van der Waals surface area contributed by atoms with E-state index in [4.69, 9.17) is 15.0 Å². The molecule has 3 heterocycles. The summed E-state index contributed by atoms with van der Waals surface area (Å²) in [4.78, 5) is 22.8. The number of nitriles is 1. The number of para-hydroxylation sites is 1. The Balaban J connectivity index is 0.00000164. The molecule has 0 aliphatic carbocycles. The number of pyridine rings is 1. The predicted octanol–water partition coefficient (Wildman–Crippen LogP) is 6.59. The van der Waals surface area contributed by atoms with Gasteiger partial charge < -0.3 is 9.64 Å². The van der Waals surface area contributed by atoms with Gasteiger partial charge in [0, 0.05) is 24.9 Å². The maximum Gasteiger partial charge on any atom is 0.259 e. The highest BCUT2D eigenvalue weighted by Crippen LogP contribution is 2.36. The highest BCUT2D eigenvalue weighted by Gasteiger charge is 2.34. The number of ether oxygens (including phenoxy) is 1. The van der Waals surface area contributed by atoms with Crippen molar-refractivity contribution in [2.75, 3.05) is 26.2 Å². The number of benzene rings is 2. The van der Waals surface area contributed by atoms with Crippen molar-refractivity contribution in [3.05, 3.63) is 71.4 Å². The van der Waals surface area contributed by atoms with E-state index < -0.39 is 0 Å².